The van der Waals surface area contributed by atoms with E-state index in [1.807, 2.05) is 36.0 Å². The zero-order valence-electron chi connectivity index (χ0n) is 18.1. The molecule has 1 aromatic heterocycles. The largest absolute Gasteiger partial charge is 0.354 e. The van der Waals surface area contributed by atoms with Crippen LogP contribution in [0.4, 0.5) is 0 Å². The minimum Gasteiger partial charge on any atom is -0.354 e. The summed E-state index contributed by atoms with van der Waals surface area (Å²) in [4.78, 5) is 18.4. The number of hydrogen-bond acceptors (Lipinski definition) is 3. The van der Waals surface area contributed by atoms with E-state index in [4.69, 9.17) is 4.99 Å². The molecule has 0 unspecified atom stereocenters. The molecule has 1 fully saturated rings. The van der Waals surface area contributed by atoms with Crippen LogP contribution in [-0.4, -0.2) is 53.2 Å². The van der Waals surface area contributed by atoms with Crippen LogP contribution in [0.2, 0.25) is 0 Å². The second-order valence-electron chi connectivity index (χ2n) is 7.82. The number of aromatic nitrogens is 2. The van der Waals surface area contributed by atoms with Gasteiger partial charge in [0.05, 0.1) is 24.5 Å². The Morgan fingerprint density at radius 3 is 2.60 bits per heavy atom. The van der Waals surface area contributed by atoms with Crippen LogP contribution in [0.25, 0.3) is 5.69 Å². The van der Waals surface area contributed by atoms with Gasteiger partial charge < -0.3 is 15.5 Å². The van der Waals surface area contributed by atoms with E-state index >= 15 is 0 Å². The summed E-state index contributed by atoms with van der Waals surface area (Å²) < 4.78 is 1.89. The summed E-state index contributed by atoms with van der Waals surface area (Å²) in [5, 5.41) is 11.3. The molecule has 0 bridgehead atoms. The van der Waals surface area contributed by atoms with Crippen LogP contribution in [0, 0.1) is 6.92 Å². The average molecular weight is 524 g/mol. The second kappa shape index (κ2) is 11.9. The van der Waals surface area contributed by atoms with Crippen molar-refractivity contribution in [3.05, 3.63) is 47.8 Å². The maximum absolute atomic E-state index is 12.0. The van der Waals surface area contributed by atoms with Crippen LogP contribution in [0.5, 0.6) is 0 Å². The summed E-state index contributed by atoms with van der Waals surface area (Å²) in [6, 6.07) is 10.5. The van der Waals surface area contributed by atoms with E-state index in [0.717, 1.165) is 29.8 Å². The van der Waals surface area contributed by atoms with E-state index in [1.54, 1.807) is 19.0 Å². The monoisotopic (exact) mass is 524 g/mol. The molecule has 0 aliphatic heterocycles. The van der Waals surface area contributed by atoms with Gasteiger partial charge in [-0.2, -0.15) is 5.10 Å². The number of rotatable bonds is 6. The number of nitrogens with zero attached hydrogens (tertiary/aromatic N) is 4. The van der Waals surface area contributed by atoms with E-state index in [1.165, 1.54) is 19.3 Å². The van der Waals surface area contributed by atoms with Crippen molar-refractivity contribution < 1.29 is 4.79 Å². The SMILES string of the molecule is Cc1ccn(-c2ccccc2CN=C(NCC(=O)N(C)C)NC2CCCCC2)n1.I. The number of benzene rings is 1. The number of para-hydroxylation sites is 1. The van der Waals surface area contributed by atoms with E-state index in [-0.39, 0.29) is 36.4 Å². The number of hydrogen-bond donors (Lipinski definition) is 2. The fraction of sp³-hybridized carbons (Fsp3) is 0.500. The van der Waals surface area contributed by atoms with Crippen molar-refractivity contribution in [3.8, 4) is 5.69 Å². The zero-order chi connectivity index (χ0) is 20.6. The predicted molar refractivity (Wildman–Crippen MR) is 132 cm³/mol. The minimum absolute atomic E-state index is 0. The van der Waals surface area contributed by atoms with Crippen LogP contribution >= 0.6 is 24.0 Å². The molecule has 2 aromatic rings. The van der Waals surface area contributed by atoms with Gasteiger partial charge in [-0.1, -0.05) is 37.5 Å². The molecule has 164 valence electrons. The summed E-state index contributed by atoms with van der Waals surface area (Å²) in [7, 11) is 3.52. The fourth-order valence-electron chi connectivity index (χ4n) is 3.49. The van der Waals surface area contributed by atoms with Crippen molar-refractivity contribution in [2.24, 2.45) is 4.99 Å². The van der Waals surface area contributed by atoms with E-state index in [2.05, 4.69) is 27.9 Å². The molecule has 1 heterocycles. The molecule has 0 atom stereocenters. The van der Waals surface area contributed by atoms with E-state index in [9.17, 15) is 4.79 Å². The molecular formula is C22H33IN6O. The number of likely N-dealkylation sites (N-methyl/N-ethyl adjacent to an activating group) is 1. The van der Waals surface area contributed by atoms with Gasteiger partial charge in [0.1, 0.15) is 0 Å². The van der Waals surface area contributed by atoms with E-state index < -0.39 is 0 Å². The van der Waals surface area contributed by atoms with Crippen molar-refractivity contribution >= 4 is 35.8 Å². The van der Waals surface area contributed by atoms with Gasteiger partial charge in [-0.05, 0) is 37.5 Å². The van der Waals surface area contributed by atoms with Crippen LogP contribution in [0.3, 0.4) is 0 Å². The van der Waals surface area contributed by atoms with Crippen molar-refractivity contribution in [2.75, 3.05) is 20.6 Å². The van der Waals surface area contributed by atoms with Gasteiger partial charge in [-0.3, -0.25) is 4.79 Å². The minimum atomic E-state index is 0. The highest BCUT2D eigenvalue weighted by Crippen LogP contribution is 2.18. The first-order valence-corrected chi connectivity index (χ1v) is 10.4. The van der Waals surface area contributed by atoms with Gasteiger partial charge in [0.25, 0.3) is 0 Å². The topological polar surface area (TPSA) is 74.6 Å². The van der Waals surface area contributed by atoms with Crippen molar-refractivity contribution in [3.63, 3.8) is 0 Å². The molecule has 3 rings (SSSR count). The Morgan fingerprint density at radius 1 is 1.20 bits per heavy atom. The fourth-order valence-corrected chi connectivity index (χ4v) is 3.49. The maximum Gasteiger partial charge on any atom is 0.241 e. The highest BCUT2D eigenvalue weighted by molar-refractivity contribution is 14.0. The number of amides is 1. The summed E-state index contributed by atoms with van der Waals surface area (Å²) in [5.74, 6) is 0.717. The maximum atomic E-state index is 12.0. The molecule has 1 amide bonds. The lowest BCUT2D eigenvalue weighted by atomic mass is 9.96. The smallest absolute Gasteiger partial charge is 0.241 e. The molecule has 1 aliphatic carbocycles. The molecule has 30 heavy (non-hydrogen) atoms. The van der Waals surface area contributed by atoms with Gasteiger partial charge in [0, 0.05) is 26.3 Å². The summed E-state index contributed by atoms with van der Waals surface area (Å²) in [6.07, 6.45) is 8.03. The van der Waals surface area contributed by atoms with E-state index in [0.29, 0.717) is 18.5 Å². The second-order valence-corrected chi connectivity index (χ2v) is 7.82. The summed E-state index contributed by atoms with van der Waals surface area (Å²) in [5.41, 5.74) is 3.08. The Balaban J connectivity index is 0.00000320. The molecule has 0 radical (unpaired) electrons. The Hall–Kier alpha value is -2.10. The van der Waals surface area contributed by atoms with Crippen LogP contribution in [-0.2, 0) is 11.3 Å². The van der Waals surface area contributed by atoms with Gasteiger partial charge in [-0.15, -0.1) is 24.0 Å². The number of nitrogens with one attached hydrogen (secondary N) is 2. The third kappa shape index (κ3) is 7.00. The van der Waals surface area contributed by atoms with Gasteiger partial charge >= 0.3 is 0 Å². The van der Waals surface area contributed by atoms with Crippen LogP contribution < -0.4 is 10.6 Å². The first kappa shape index (κ1) is 24.2. The van der Waals surface area contributed by atoms with Gasteiger partial charge in [-0.25, -0.2) is 9.67 Å². The molecule has 8 heteroatoms. The van der Waals surface area contributed by atoms with Crippen molar-refractivity contribution in [1.82, 2.24) is 25.3 Å². The number of carbonyl (C=O) groups excluding carboxylic acids is 1. The third-order valence-electron chi connectivity index (χ3n) is 5.22. The molecule has 7 nitrogen and oxygen atoms in total. The lowest BCUT2D eigenvalue weighted by Crippen LogP contribution is -2.47. The Labute approximate surface area is 196 Å². The van der Waals surface area contributed by atoms with Crippen molar-refractivity contribution in [1.29, 1.82) is 0 Å². The zero-order valence-corrected chi connectivity index (χ0v) is 20.4. The predicted octanol–water partition coefficient (Wildman–Crippen LogP) is 3.25. The number of halogens is 1. The number of aryl methyl sites for hydroxylation is 1. The molecule has 1 saturated carbocycles. The molecule has 0 saturated heterocycles. The number of aliphatic imine (C=N–C) groups is 1. The molecule has 1 aliphatic rings. The Bertz CT molecular complexity index is 842. The molecule has 0 spiro atoms. The molecule has 1 aromatic carbocycles. The summed E-state index contributed by atoms with van der Waals surface area (Å²) >= 11 is 0. The lowest BCUT2D eigenvalue weighted by molar-refractivity contribution is -0.127. The first-order chi connectivity index (χ1) is 14.0. The normalized spacial score (nSPS) is 14.7. The van der Waals surface area contributed by atoms with Gasteiger partial charge in [0.15, 0.2) is 5.96 Å². The first-order valence-electron chi connectivity index (χ1n) is 10.4. The van der Waals surface area contributed by atoms with Crippen LogP contribution in [0.15, 0.2) is 41.5 Å². The van der Waals surface area contributed by atoms with Crippen LogP contribution in [0.1, 0.15) is 43.4 Å². The lowest BCUT2D eigenvalue weighted by Gasteiger charge is -2.25. The molecule has 2 N–H and O–H groups in total. The highest BCUT2D eigenvalue weighted by Gasteiger charge is 2.16. The summed E-state index contributed by atoms with van der Waals surface area (Å²) in [6.45, 7) is 2.72. The Morgan fingerprint density at radius 2 is 1.93 bits per heavy atom. The van der Waals surface area contributed by atoms with Gasteiger partial charge in [0.2, 0.25) is 5.91 Å². The quantitative estimate of drug-likeness (QED) is 0.346. The number of guanidine groups is 1. The Kier molecular flexibility index (Phi) is 9.61. The highest BCUT2D eigenvalue weighted by atomic mass is 127. The number of carbonyl (C=O) groups is 1. The van der Waals surface area contributed by atoms with Crippen molar-refractivity contribution in [2.45, 2.75) is 51.6 Å². The molecular weight excluding hydrogens is 491 g/mol. The average Bonchev–Trinajstić information content (AvgIpc) is 3.16. The standard InChI is InChI=1S/C22H32N6O.HI/c1-17-13-14-28(26-17)20-12-8-7-9-18(20)15-23-22(24-16-21(29)27(2)3)25-19-10-5-4-6-11-19;/h7-9,12-14,19H,4-6,10-11,15-16H2,1-3H3,(H2,23,24,25);1H. The third-order valence-corrected chi connectivity index (χ3v) is 5.22.